The molecule has 2 aromatic rings. The molecule has 0 radical (unpaired) electrons. The fourth-order valence-corrected chi connectivity index (χ4v) is 1.48. The Morgan fingerprint density at radius 2 is 1.86 bits per heavy atom. The summed E-state index contributed by atoms with van der Waals surface area (Å²) in [7, 11) is -4.15. The van der Waals surface area contributed by atoms with Gasteiger partial charge in [0.15, 0.2) is 0 Å². The van der Waals surface area contributed by atoms with Gasteiger partial charge in [0.2, 0.25) is 0 Å². The molecule has 8 heteroatoms. The number of hydrogen-bond acceptors (Lipinski definition) is 4. The summed E-state index contributed by atoms with van der Waals surface area (Å²) in [5, 5.41) is 9.75. The van der Waals surface area contributed by atoms with Crippen molar-refractivity contribution in [2.45, 2.75) is 4.90 Å². The van der Waals surface area contributed by atoms with Gasteiger partial charge in [0.05, 0.1) is 4.90 Å². The number of hydrogen-bond donors (Lipinski definition) is 2. The van der Waals surface area contributed by atoms with Crippen LogP contribution in [0.4, 0.5) is 0 Å². The molecule has 2 rings (SSSR count). The second-order valence-electron chi connectivity index (χ2n) is 2.45. The predicted octanol–water partition coefficient (Wildman–Crippen LogP) is 0.202. The maximum Gasteiger partial charge on any atom is 1.00 e. The van der Waals surface area contributed by atoms with E-state index in [1.165, 1.54) is 18.2 Å². The molecule has 14 heavy (non-hydrogen) atoms. The van der Waals surface area contributed by atoms with Crippen molar-refractivity contribution in [2.75, 3.05) is 0 Å². The van der Waals surface area contributed by atoms with Crippen LogP contribution in [0.25, 0.3) is 11.0 Å². The molecule has 0 amide bonds. The second kappa shape index (κ2) is 3.79. The zero-order valence-electron chi connectivity index (χ0n) is 6.60. The summed E-state index contributed by atoms with van der Waals surface area (Å²) in [5.41, 5.74) is 0.947. The number of H-pyrrole nitrogens is 1. The van der Waals surface area contributed by atoms with Gasteiger partial charge in [-0.05, 0) is 18.2 Å². The molecule has 1 aromatic heterocycles. The first kappa shape index (κ1) is 11.3. The van der Waals surface area contributed by atoms with Gasteiger partial charge in [0, 0.05) is 0 Å². The van der Waals surface area contributed by atoms with Crippen LogP contribution in [0.2, 0.25) is 0 Å². The number of nitrogens with zero attached hydrogens (tertiary/aromatic N) is 2. The van der Waals surface area contributed by atoms with E-state index in [1.807, 2.05) is 0 Å². The van der Waals surface area contributed by atoms with Gasteiger partial charge in [0.1, 0.15) is 11.0 Å². The maximum atomic E-state index is 10.7. The molecule has 0 bridgehead atoms. The molecule has 0 atom stereocenters. The van der Waals surface area contributed by atoms with Crippen molar-refractivity contribution in [1.29, 1.82) is 0 Å². The van der Waals surface area contributed by atoms with Gasteiger partial charge in [-0.15, -0.1) is 0 Å². The zero-order chi connectivity index (χ0) is 9.47. The largest absolute Gasteiger partial charge is 1.00 e. The summed E-state index contributed by atoms with van der Waals surface area (Å²) < 4.78 is 30.1. The minimum absolute atomic E-state index is 0. The van der Waals surface area contributed by atoms with Crippen molar-refractivity contribution in [3.8, 4) is 0 Å². The third-order valence-electron chi connectivity index (χ3n) is 1.59. The summed E-state index contributed by atoms with van der Waals surface area (Å²) in [6.07, 6.45) is 0. The van der Waals surface area contributed by atoms with Gasteiger partial charge >= 0.3 is 22.4 Å². The van der Waals surface area contributed by atoms with Crippen molar-refractivity contribution >= 4 is 21.2 Å². The number of nitrogens with one attached hydrogen (secondary N) is 1. The number of aromatic amines is 1. The molecule has 1 aromatic carbocycles. The van der Waals surface area contributed by atoms with Gasteiger partial charge in [0.25, 0.3) is 10.1 Å². The number of aromatic nitrogens is 3. The Bertz CT molecular complexity index is 550. The first-order chi connectivity index (χ1) is 6.07. The standard InChI is InChI=1S/C6H5N3O3S.Ag/c10-13(11,12)4-1-2-5-6(3-4)8-9-7-5;/h1-3H,(H,7,8,9)(H,10,11,12);/q;+1. The van der Waals surface area contributed by atoms with E-state index in [0.717, 1.165) is 0 Å². The Hall–Kier alpha value is -0.730. The Morgan fingerprint density at radius 3 is 2.50 bits per heavy atom. The van der Waals surface area contributed by atoms with Crippen LogP contribution in [-0.4, -0.2) is 28.4 Å². The molecule has 0 unspecified atom stereocenters. The molecule has 0 aliphatic rings. The number of benzene rings is 1. The SMILES string of the molecule is O=S(=O)(O)c1ccc2n[nH]nc2c1.[Ag+]. The van der Waals surface area contributed by atoms with Crippen molar-refractivity contribution < 1.29 is 35.4 Å². The molecule has 1 heterocycles. The van der Waals surface area contributed by atoms with Gasteiger partial charge in [-0.1, -0.05) is 0 Å². The van der Waals surface area contributed by atoms with Crippen LogP contribution in [0.1, 0.15) is 0 Å². The van der Waals surface area contributed by atoms with E-state index in [-0.39, 0.29) is 27.3 Å². The normalized spacial score (nSPS) is 11.2. The maximum absolute atomic E-state index is 10.7. The van der Waals surface area contributed by atoms with Crippen LogP contribution in [0.5, 0.6) is 0 Å². The van der Waals surface area contributed by atoms with Crippen molar-refractivity contribution in [1.82, 2.24) is 15.4 Å². The molecule has 78 valence electrons. The van der Waals surface area contributed by atoms with Crippen LogP contribution < -0.4 is 0 Å². The smallest absolute Gasteiger partial charge is 0.282 e. The average Bonchev–Trinajstić information content (AvgIpc) is 2.47. The van der Waals surface area contributed by atoms with Gasteiger partial charge in [-0.3, -0.25) is 4.55 Å². The van der Waals surface area contributed by atoms with Crippen LogP contribution in [0.3, 0.4) is 0 Å². The van der Waals surface area contributed by atoms with E-state index in [2.05, 4.69) is 15.4 Å². The van der Waals surface area contributed by atoms with Crippen LogP contribution in [0, 0.1) is 0 Å². The summed E-state index contributed by atoms with van der Waals surface area (Å²) in [6.45, 7) is 0. The summed E-state index contributed by atoms with van der Waals surface area (Å²) in [6, 6.07) is 3.97. The molecule has 0 saturated carbocycles. The molecule has 0 saturated heterocycles. The summed E-state index contributed by atoms with van der Waals surface area (Å²) >= 11 is 0. The molecule has 0 spiro atoms. The zero-order valence-corrected chi connectivity index (χ0v) is 8.90. The van der Waals surface area contributed by atoms with E-state index in [4.69, 9.17) is 4.55 Å². The molecular weight excluding hydrogens is 302 g/mol. The third kappa shape index (κ3) is 2.02. The minimum Gasteiger partial charge on any atom is -0.282 e. The monoisotopic (exact) mass is 306 g/mol. The molecule has 0 aliphatic heterocycles. The average molecular weight is 307 g/mol. The van der Waals surface area contributed by atoms with Crippen LogP contribution in [0.15, 0.2) is 23.1 Å². The minimum atomic E-state index is -4.15. The van der Waals surface area contributed by atoms with Crippen molar-refractivity contribution in [2.24, 2.45) is 0 Å². The van der Waals surface area contributed by atoms with E-state index in [1.54, 1.807) is 0 Å². The van der Waals surface area contributed by atoms with Crippen molar-refractivity contribution in [3.05, 3.63) is 18.2 Å². The molecule has 6 nitrogen and oxygen atoms in total. The third-order valence-corrected chi connectivity index (χ3v) is 2.44. The second-order valence-corrected chi connectivity index (χ2v) is 3.87. The predicted molar refractivity (Wildman–Crippen MR) is 43.7 cm³/mol. The van der Waals surface area contributed by atoms with E-state index < -0.39 is 10.1 Å². The first-order valence-electron chi connectivity index (χ1n) is 3.35. The summed E-state index contributed by atoms with van der Waals surface area (Å²) in [5.74, 6) is 0. The van der Waals surface area contributed by atoms with Gasteiger partial charge in [-0.2, -0.15) is 23.8 Å². The van der Waals surface area contributed by atoms with E-state index in [0.29, 0.717) is 11.0 Å². The Balaban J connectivity index is 0.000000980. The topological polar surface area (TPSA) is 95.9 Å². The van der Waals surface area contributed by atoms with Gasteiger partial charge < -0.3 is 0 Å². The Kier molecular flexibility index (Phi) is 3.07. The van der Waals surface area contributed by atoms with Gasteiger partial charge in [-0.25, -0.2) is 0 Å². The first-order valence-corrected chi connectivity index (χ1v) is 4.79. The fourth-order valence-electron chi connectivity index (χ4n) is 0.981. The quantitative estimate of drug-likeness (QED) is 0.580. The molecule has 2 N–H and O–H groups in total. The number of fused-ring (bicyclic) bond motifs is 1. The van der Waals surface area contributed by atoms with E-state index in [9.17, 15) is 8.42 Å². The molecular formula is C6H5AgN3O3S+. The molecule has 0 aliphatic carbocycles. The Labute approximate surface area is 95.0 Å². The van der Waals surface area contributed by atoms with Crippen molar-refractivity contribution in [3.63, 3.8) is 0 Å². The van der Waals surface area contributed by atoms with Crippen LogP contribution >= 0.6 is 0 Å². The molecule has 0 fully saturated rings. The fraction of sp³-hybridized carbons (Fsp3) is 0. The summed E-state index contributed by atoms with van der Waals surface area (Å²) in [4.78, 5) is -0.186. The van der Waals surface area contributed by atoms with Crippen LogP contribution in [-0.2, 0) is 32.5 Å². The van der Waals surface area contributed by atoms with E-state index >= 15 is 0 Å². The Morgan fingerprint density at radius 1 is 1.21 bits per heavy atom. The number of rotatable bonds is 1.